The van der Waals surface area contributed by atoms with E-state index in [4.69, 9.17) is 16.8 Å². The Bertz CT molecular complexity index is 455. The zero-order chi connectivity index (χ0) is 10.7. The van der Waals surface area contributed by atoms with Crippen molar-refractivity contribution in [3.05, 3.63) is 58.5 Å². The summed E-state index contributed by atoms with van der Waals surface area (Å²) in [4.78, 5) is 0. The Kier molecular flexibility index (Phi) is 3.28. The number of benzene rings is 1. The molecule has 1 atom stereocenters. The molecule has 0 bridgehead atoms. The van der Waals surface area contributed by atoms with Crippen LogP contribution in [-0.2, 0) is 12.4 Å². The largest absolute Gasteiger partial charge is 0.467 e. The fraction of sp³-hybridized carbons (Fsp3) is 0.0909. The van der Waals surface area contributed by atoms with Crippen molar-refractivity contribution in [1.82, 2.24) is 0 Å². The number of halogens is 1. The SMILES string of the molecule is S=NC(c1cccc(Br)c1)c1ccco1. The van der Waals surface area contributed by atoms with Crippen molar-refractivity contribution >= 4 is 28.4 Å². The Morgan fingerprint density at radius 3 is 2.73 bits per heavy atom. The third kappa shape index (κ3) is 2.33. The van der Waals surface area contributed by atoms with Crippen LogP contribution in [0.15, 0.2) is 55.9 Å². The minimum atomic E-state index is -0.201. The quantitative estimate of drug-likeness (QED) is 0.854. The molecule has 76 valence electrons. The van der Waals surface area contributed by atoms with Gasteiger partial charge in [0.05, 0.1) is 6.26 Å². The lowest BCUT2D eigenvalue weighted by atomic mass is 10.1. The number of hydrogen-bond donors (Lipinski definition) is 0. The topological polar surface area (TPSA) is 25.5 Å². The van der Waals surface area contributed by atoms with Gasteiger partial charge in [-0.3, -0.25) is 0 Å². The van der Waals surface area contributed by atoms with Crippen LogP contribution in [0.2, 0.25) is 0 Å². The van der Waals surface area contributed by atoms with Crippen LogP contribution in [-0.4, -0.2) is 0 Å². The zero-order valence-electron chi connectivity index (χ0n) is 7.76. The predicted octanol–water partition coefficient (Wildman–Crippen LogP) is 3.86. The summed E-state index contributed by atoms with van der Waals surface area (Å²) in [6.45, 7) is 0. The van der Waals surface area contributed by atoms with E-state index in [0.717, 1.165) is 15.8 Å². The fourth-order valence-electron chi connectivity index (χ4n) is 1.40. The van der Waals surface area contributed by atoms with E-state index in [-0.39, 0.29) is 6.04 Å². The van der Waals surface area contributed by atoms with Gasteiger partial charge in [0.1, 0.15) is 11.8 Å². The Labute approximate surface area is 102 Å². The van der Waals surface area contributed by atoms with Crippen LogP contribution in [0.5, 0.6) is 0 Å². The molecular weight excluding hydrogens is 274 g/mol. The maximum Gasteiger partial charge on any atom is 0.146 e. The van der Waals surface area contributed by atoms with E-state index in [1.54, 1.807) is 6.26 Å². The lowest BCUT2D eigenvalue weighted by molar-refractivity contribution is 0.492. The molecule has 2 aromatic rings. The van der Waals surface area contributed by atoms with E-state index in [9.17, 15) is 0 Å². The number of hydrogen-bond acceptors (Lipinski definition) is 3. The highest BCUT2D eigenvalue weighted by molar-refractivity contribution is 9.10. The summed E-state index contributed by atoms with van der Waals surface area (Å²) in [5.74, 6) is 0.767. The van der Waals surface area contributed by atoms with E-state index < -0.39 is 0 Å². The monoisotopic (exact) mass is 281 g/mol. The molecule has 4 heteroatoms. The van der Waals surface area contributed by atoms with E-state index in [2.05, 4.69) is 20.3 Å². The highest BCUT2D eigenvalue weighted by Crippen LogP contribution is 2.27. The molecule has 1 heterocycles. The van der Waals surface area contributed by atoms with Gasteiger partial charge in [0.2, 0.25) is 0 Å². The second-order valence-corrected chi connectivity index (χ2v) is 4.20. The van der Waals surface area contributed by atoms with Crippen molar-refractivity contribution in [2.75, 3.05) is 0 Å². The third-order valence-corrected chi connectivity index (χ3v) is 2.79. The lowest BCUT2D eigenvalue weighted by Gasteiger charge is -2.08. The van der Waals surface area contributed by atoms with Crippen LogP contribution in [0.1, 0.15) is 17.4 Å². The van der Waals surface area contributed by atoms with Crippen molar-refractivity contribution in [3.8, 4) is 0 Å². The molecule has 0 fully saturated rings. The van der Waals surface area contributed by atoms with Gasteiger partial charge in [0, 0.05) is 16.9 Å². The molecule has 0 aliphatic rings. The molecule has 0 N–H and O–H groups in total. The summed E-state index contributed by atoms with van der Waals surface area (Å²) >= 11 is 8.21. The normalized spacial score (nSPS) is 12.3. The van der Waals surface area contributed by atoms with E-state index in [0.29, 0.717) is 0 Å². The van der Waals surface area contributed by atoms with Gasteiger partial charge in [-0.05, 0) is 29.8 Å². The molecule has 2 rings (SSSR count). The van der Waals surface area contributed by atoms with Gasteiger partial charge < -0.3 is 4.42 Å². The number of rotatable bonds is 3. The summed E-state index contributed by atoms with van der Waals surface area (Å²) in [7, 11) is 0. The average molecular weight is 282 g/mol. The summed E-state index contributed by atoms with van der Waals surface area (Å²) in [5.41, 5.74) is 1.02. The minimum absolute atomic E-state index is 0.201. The summed E-state index contributed by atoms with van der Waals surface area (Å²) in [6, 6.07) is 11.4. The molecule has 0 spiro atoms. The molecule has 2 nitrogen and oxygen atoms in total. The second kappa shape index (κ2) is 4.68. The van der Waals surface area contributed by atoms with Crippen LogP contribution in [0.25, 0.3) is 0 Å². The Morgan fingerprint density at radius 1 is 1.27 bits per heavy atom. The highest BCUT2D eigenvalue weighted by atomic mass is 79.9. The number of furan rings is 1. The zero-order valence-corrected chi connectivity index (χ0v) is 10.2. The Hall–Kier alpha value is -1.00. The van der Waals surface area contributed by atoms with Gasteiger partial charge in [0.25, 0.3) is 0 Å². The lowest BCUT2D eigenvalue weighted by Crippen LogP contribution is -1.95. The van der Waals surface area contributed by atoms with E-state index in [1.807, 2.05) is 36.4 Å². The van der Waals surface area contributed by atoms with Crippen LogP contribution < -0.4 is 0 Å². The smallest absolute Gasteiger partial charge is 0.146 e. The van der Waals surface area contributed by atoms with Crippen LogP contribution in [0.3, 0.4) is 0 Å². The van der Waals surface area contributed by atoms with Crippen molar-refractivity contribution in [2.24, 2.45) is 4.36 Å². The van der Waals surface area contributed by atoms with Gasteiger partial charge >= 0.3 is 0 Å². The van der Waals surface area contributed by atoms with Crippen LogP contribution >= 0.6 is 15.9 Å². The molecule has 0 saturated heterocycles. The first-order valence-corrected chi connectivity index (χ1v) is 5.58. The Morgan fingerprint density at radius 2 is 2.13 bits per heavy atom. The second-order valence-electron chi connectivity index (χ2n) is 3.08. The Balaban J connectivity index is 2.39. The molecule has 0 aliphatic carbocycles. The van der Waals surface area contributed by atoms with E-state index >= 15 is 0 Å². The van der Waals surface area contributed by atoms with Crippen LogP contribution in [0, 0.1) is 0 Å². The molecule has 0 aliphatic heterocycles. The van der Waals surface area contributed by atoms with Gasteiger partial charge in [-0.2, -0.15) is 0 Å². The maximum absolute atomic E-state index is 5.31. The van der Waals surface area contributed by atoms with Gasteiger partial charge in [-0.15, -0.1) is 0 Å². The van der Waals surface area contributed by atoms with Crippen molar-refractivity contribution in [3.63, 3.8) is 0 Å². The first-order chi connectivity index (χ1) is 7.31. The summed E-state index contributed by atoms with van der Waals surface area (Å²) < 4.78 is 10.2. The molecule has 1 aromatic carbocycles. The molecule has 15 heavy (non-hydrogen) atoms. The molecule has 1 unspecified atom stereocenters. The minimum Gasteiger partial charge on any atom is -0.467 e. The van der Waals surface area contributed by atoms with Gasteiger partial charge in [-0.25, -0.2) is 4.36 Å². The molecular formula is C11H8BrNOS. The standard InChI is InChI=1S/C11H8BrNOS/c12-9-4-1-3-8(7-9)11(13-15)10-5-2-6-14-10/h1-7,11H. The van der Waals surface area contributed by atoms with Crippen molar-refractivity contribution in [2.45, 2.75) is 6.04 Å². The number of nitrogens with zero attached hydrogens (tertiary/aromatic N) is 1. The summed E-state index contributed by atoms with van der Waals surface area (Å²) in [6.07, 6.45) is 1.63. The van der Waals surface area contributed by atoms with Crippen LogP contribution in [0.4, 0.5) is 0 Å². The molecule has 0 saturated carbocycles. The fourth-order valence-corrected chi connectivity index (χ4v) is 2.04. The average Bonchev–Trinajstić information content (AvgIpc) is 2.72. The molecule has 0 radical (unpaired) electrons. The van der Waals surface area contributed by atoms with Crippen molar-refractivity contribution < 1.29 is 4.42 Å². The predicted molar refractivity (Wildman–Crippen MR) is 64.5 cm³/mol. The van der Waals surface area contributed by atoms with Gasteiger partial charge in [0.15, 0.2) is 0 Å². The maximum atomic E-state index is 5.31. The summed E-state index contributed by atoms with van der Waals surface area (Å²) in [5, 5.41) is 0. The molecule has 0 amide bonds. The highest BCUT2D eigenvalue weighted by Gasteiger charge is 2.15. The first kappa shape index (κ1) is 10.5. The van der Waals surface area contributed by atoms with Gasteiger partial charge in [-0.1, -0.05) is 28.1 Å². The van der Waals surface area contributed by atoms with E-state index in [1.165, 1.54) is 0 Å². The van der Waals surface area contributed by atoms with Crippen molar-refractivity contribution in [1.29, 1.82) is 0 Å². The third-order valence-electron chi connectivity index (χ3n) is 2.08. The molecule has 1 aromatic heterocycles. The first-order valence-electron chi connectivity index (χ1n) is 4.42.